The normalized spacial score (nSPS) is 20.7. The molecule has 0 saturated carbocycles. The van der Waals surface area contributed by atoms with E-state index in [1.807, 2.05) is 30.3 Å². The maximum atomic E-state index is 12.6. The van der Waals surface area contributed by atoms with Gasteiger partial charge in [-0.25, -0.2) is 5.43 Å². The standard InChI is InChI=1S/C19H16BrN3O4/c20-14-7-16-15(26-10-27-16)6-12(14)8-22-23-19(25)17-13(9-21-18(17)24)11-4-2-1-3-5-11/h1-8,13,17H,9-10H2,(H,21,24)(H,23,25)/b22-8-/t13-,17-/m0/s1. The first-order valence-electron chi connectivity index (χ1n) is 8.38. The van der Waals surface area contributed by atoms with E-state index in [1.165, 1.54) is 6.21 Å². The van der Waals surface area contributed by atoms with Crippen LogP contribution in [0.25, 0.3) is 0 Å². The van der Waals surface area contributed by atoms with E-state index >= 15 is 0 Å². The number of halogens is 1. The van der Waals surface area contributed by atoms with Crippen LogP contribution in [-0.4, -0.2) is 31.4 Å². The quantitative estimate of drug-likeness (QED) is 0.442. The molecule has 0 aromatic heterocycles. The van der Waals surface area contributed by atoms with Crippen molar-refractivity contribution in [2.24, 2.45) is 11.0 Å². The number of carbonyl (C=O) groups is 2. The summed E-state index contributed by atoms with van der Waals surface area (Å²) in [6.07, 6.45) is 1.49. The molecule has 0 radical (unpaired) electrons. The summed E-state index contributed by atoms with van der Waals surface area (Å²) in [7, 11) is 0. The lowest BCUT2D eigenvalue weighted by atomic mass is 9.88. The molecule has 7 nitrogen and oxygen atoms in total. The van der Waals surface area contributed by atoms with Crippen LogP contribution in [0.5, 0.6) is 11.5 Å². The molecule has 8 heteroatoms. The van der Waals surface area contributed by atoms with E-state index < -0.39 is 11.8 Å². The number of amides is 2. The Hall–Kier alpha value is -2.87. The minimum atomic E-state index is -0.815. The first kappa shape index (κ1) is 17.5. The molecule has 2 aliphatic rings. The number of hydrazone groups is 1. The fourth-order valence-corrected chi connectivity index (χ4v) is 3.62. The maximum Gasteiger partial charge on any atom is 0.253 e. The molecule has 1 saturated heterocycles. The Morgan fingerprint density at radius 2 is 1.96 bits per heavy atom. The van der Waals surface area contributed by atoms with Gasteiger partial charge in [-0.15, -0.1) is 0 Å². The van der Waals surface area contributed by atoms with Crippen LogP contribution in [0.2, 0.25) is 0 Å². The Bertz CT molecular complexity index is 917. The molecular formula is C19H16BrN3O4. The van der Waals surface area contributed by atoms with Crippen LogP contribution in [0.15, 0.2) is 52.0 Å². The van der Waals surface area contributed by atoms with Gasteiger partial charge in [-0.05, 0) is 33.6 Å². The van der Waals surface area contributed by atoms with Crippen molar-refractivity contribution < 1.29 is 19.1 Å². The molecule has 1 fully saturated rings. The van der Waals surface area contributed by atoms with Crippen LogP contribution >= 0.6 is 15.9 Å². The molecule has 0 bridgehead atoms. The summed E-state index contributed by atoms with van der Waals surface area (Å²) in [5.41, 5.74) is 4.14. The average Bonchev–Trinajstić information content (AvgIpc) is 3.28. The lowest BCUT2D eigenvalue weighted by Gasteiger charge is -2.15. The first-order valence-corrected chi connectivity index (χ1v) is 9.17. The van der Waals surface area contributed by atoms with E-state index in [0.717, 1.165) is 15.6 Å². The number of hydrogen-bond donors (Lipinski definition) is 2. The first-order chi connectivity index (χ1) is 13.1. The molecule has 138 valence electrons. The molecular weight excluding hydrogens is 414 g/mol. The fourth-order valence-electron chi connectivity index (χ4n) is 3.20. The Labute approximate surface area is 163 Å². The maximum absolute atomic E-state index is 12.6. The summed E-state index contributed by atoms with van der Waals surface area (Å²) in [5.74, 6) is -0.495. The van der Waals surface area contributed by atoms with Crippen LogP contribution in [0.4, 0.5) is 0 Å². The summed E-state index contributed by atoms with van der Waals surface area (Å²) in [6, 6.07) is 13.1. The third kappa shape index (κ3) is 3.52. The van der Waals surface area contributed by atoms with Crippen molar-refractivity contribution in [3.05, 3.63) is 58.1 Å². The molecule has 2 aliphatic heterocycles. The molecule has 0 aliphatic carbocycles. The van der Waals surface area contributed by atoms with Crippen molar-refractivity contribution in [3.8, 4) is 11.5 Å². The second-order valence-corrected chi connectivity index (χ2v) is 7.06. The van der Waals surface area contributed by atoms with Crippen LogP contribution in [0.1, 0.15) is 17.0 Å². The summed E-state index contributed by atoms with van der Waals surface area (Å²) < 4.78 is 11.4. The number of fused-ring (bicyclic) bond motifs is 1. The number of carbonyl (C=O) groups excluding carboxylic acids is 2. The predicted molar refractivity (Wildman–Crippen MR) is 102 cm³/mol. The monoisotopic (exact) mass is 429 g/mol. The van der Waals surface area contributed by atoms with Gasteiger partial charge >= 0.3 is 0 Å². The van der Waals surface area contributed by atoms with Gasteiger partial charge in [-0.3, -0.25) is 9.59 Å². The number of benzene rings is 2. The Morgan fingerprint density at radius 1 is 1.22 bits per heavy atom. The molecule has 2 heterocycles. The van der Waals surface area contributed by atoms with Gasteiger partial charge in [0, 0.05) is 22.5 Å². The van der Waals surface area contributed by atoms with E-state index in [1.54, 1.807) is 12.1 Å². The summed E-state index contributed by atoms with van der Waals surface area (Å²) >= 11 is 3.43. The van der Waals surface area contributed by atoms with Crippen molar-refractivity contribution in [1.82, 2.24) is 10.7 Å². The Morgan fingerprint density at radius 3 is 2.74 bits per heavy atom. The van der Waals surface area contributed by atoms with E-state index in [0.29, 0.717) is 18.0 Å². The minimum absolute atomic E-state index is 0.177. The number of hydrogen-bond acceptors (Lipinski definition) is 5. The molecule has 2 aromatic carbocycles. The van der Waals surface area contributed by atoms with Gasteiger partial charge in [-0.2, -0.15) is 5.10 Å². The van der Waals surface area contributed by atoms with Gasteiger partial charge in [0.1, 0.15) is 5.92 Å². The zero-order valence-corrected chi connectivity index (χ0v) is 15.7. The van der Waals surface area contributed by atoms with Gasteiger partial charge in [0.15, 0.2) is 11.5 Å². The zero-order chi connectivity index (χ0) is 18.8. The highest BCUT2D eigenvalue weighted by molar-refractivity contribution is 9.10. The second kappa shape index (κ2) is 7.40. The number of rotatable bonds is 4. The fraction of sp³-hybridized carbons (Fsp3) is 0.211. The van der Waals surface area contributed by atoms with E-state index in [-0.39, 0.29) is 18.6 Å². The van der Waals surface area contributed by atoms with Crippen LogP contribution in [-0.2, 0) is 9.59 Å². The molecule has 2 N–H and O–H groups in total. The van der Waals surface area contributed by atoms with Crippen molar-refractivity contribution in [1.29, 1.82) is 0 Å². The Balaban J connectivity index is 1.47. The van der Waals surface area contributed by atoms with Crippen molar-refractivity contribution >= 4 is 34.0 Å². The molecule has 0 spiro atoms. The van der Waals surface area contributed by atoms with Crippen molar-refractivity contribution in [2.45, 2.75) is 5.92 Å². The van der Waals surface area contributed by atoms with E-state index in [2.05, 4.69) is 31.8 Å². The number of nitrogens with zero attached hydrogens (tertiary/aromatic N) is 1. The average molecular weight is 430 g/mol. The molecule has 2 aromatic rings. The van der Waals surface area contributed by atoms with E-state index in [4.69, 9.17) is 9.47 Å². The van der Waals surface area contributed by atoms with Gasteiger partial charge in [0.25, 0.3) is 5.91 Å². The highest BCUT2D eigenvalue weighted by Gasteiger charge is 2.40. The highest BCUT2D eigenvalue weighted by Crippen LogP contribution is 2.36. The third-order valence-corrected chi connectivity index (χ3v) is 5.25. The summed E-state index contributed by atoms with van der Waals surface area (Å²) in [6.45, 7) is 0.606. The van der Waals surface area contributed by atoms with Gasteiger partial charge in [-0.1, -0.05) is 30.3 Å². The molecule has 0 unspecified atom stereocenters. The largest absolute Gasteiger partial charge is 0.454 e. The van der Waals surface area contributed by atoms with Gasteiger partial charge < -0.3 is 14.8 Å². The smallest absolute Gasteiger partial charge is 0.253 e. The topological polar surface area (TPSA) is 89.0 Å². The molecule has 2 atom stereocenters. The van der Waals surface area contributed by atoms with Crippen molar-refractivity contribution in [3.63, 3.8) is 0 Å². The summed E-state index contributed by atoms with van der Waals surface area (Å²) in [4.78, 5) is 24.7. The zero-order valence-electron chi connectivity index (χ0n) is 14.1. The number of ether oxygens (including phenoxy) is 2. The van der Waals surface area contributed by atoms with Crippen LogP contribution in [0, 0.1) is 5.92 Å². The molecule has 27 heavy (non-hydrogen) atoms. The van der Waals surface area contributed by atoms with E-state index in [9.17, 15) is 9.59 Å². The summed E-state index contributed by atoms with van der Waals surface area (Å²) in [5, 5.41) is 6.76. The van der Waals surface area contributed by atoms with Crippen LogP contribution < -0.4 is 20.2 Å². The van der Waals surface area contributed by atoms with Gasteiger partial charge in [0.2, 0.25) is 12.7 Å². The highest BCUT2D eigenvalue weighted by atomic mass is 79.9. The lowest BCUT2D eigenvalue weighted by molar-refractivity contribution is -0.133. The SMILES string of the molecule is O=C1NC[C@@H](c2ccccc2)[C@@H]1C(=O)N/N=C\c1cc2c(cc1Br)OCO2. The second-order valence-electron chi connectivity index (χ2n) is 6.20. The number of nitrogens with one attached hydrogen (secondary N) is 2. The molecule has 4 rings (SSSR count). The molecule has 2 amide bonds. The lowest BCUT2D eigenvalue weighted by Crippen LogP contribution is -2.34. The predicted octanol–water partition coefficient (Wildman–Crippen LogP) is 2.16. The Kier molecular flexibility index (Phi) is 4.81. The van der Waals surface area contributed by atoms with Crippen molar-refractivity contribution in [2.75, 3.05) is 13.3 Å². The third-order valence-electron chi connectivity index (χ3n) is 4.56. The van der Waals surface area contributed by atoms with Gasteiger partial charge in [0.05, 0.1) is 6.21 Å². The minimum Gasteiger partial charge on any atom is -0.454 e. The van der Waals surface area contributed by atoms with Crippen LogP contribution in [0.3, 0.4) is 0 Å².